The topological polar surface area (TPSA) is 57.2 Å². The number of hydrogen-bond donors (Lipinski definition) is 1. The highest BCUT2D eigenvalue weighted by Crippen LogP contribution is 2.34. The zero-order valence-corrected chi connectivity index (χ0v) is 11.7. The molecule has 3 rings (SSSR count). The molecule has 0 amide bonds. The predicted molar refractivity (Wildman–Crippen MR) is 70.8 cm³/mol. The molecule has 0 aromatic heterocycles. The zero-order chi connectivity index (χ0) is 14.2. The van der Waals surface area contributed by atoms with Crippen LogP contribution in [0.1, 0.15) is 19.4 Å². The van der Waals surface area contributed by atoms with Crippen molar-refractivity contribution in [3.05, 3.63) is 35.9 Å². The molecule has 1 aromatic rings. The monoisotopic (exact) mass is 280 g/mol. The molecule has 0 spiro atoms. The van der Waals surface area contributed by atoms with Gasteiger partial charge in [-0.25, -0.2) is 0 Å². The Morgan fingerprint density at radius 2 is 2.05 bits per heavy atom. The number of ether oxygens (including phenoxy) is 4. The number of benzene rings is 1. The molecule has 0 bridgehead atoms. The molecule has 4 atom stereocenters. The quantitative estimate of drug-likeness (QED) is 0.908. The Morgan fingerprint density at radius 3 is 2.80 bits per heavy atom. The Balaban J connectivity index is 1.65. The van der Waals surface area contributed by atoms with Gasteiger partial charge in [0.05, 0.1) is 13.2 Å². The Kier molecular flexibility index (Phi) is 3.79. The summed E-state index contributed by atoms with van der Waals surface area (Å²) in [6.45, 7) is 4.52. The molecule has 0 radical (unpaired) electrons. The van der Waals surface area contributed by atoms with Gasteiger partial charge in [0.25, 0.3) is 0 Å². The van der Waals surface area contributed by atoms with Gasteiger partial charge in [-0.05, 0) is 19.4 Å². The lowest BCUT2D eigenvalue weighted by molar-refractivity contribution is -0.302. The van der Waals surface area contributed by atoms with E-state index in [2.05, 4.69) is 0 Å². The van der Waals surface area contributed by atoms with Crippen LogP contribution in [-0.2, 0) is 25.6 Å². The SMILES string of the molecule is CC1(C)OC[C@H]2O[C@H](O)[C@H](OCc3ccccc3)[C@H]2O1. The molecule has 20 heavy (non-hydrogen) atoms. The summed E-state index contributed by atoms with van der Waals surface area (Å²) in [5.74, 6) is -0.678. The molecular weight excluding hydrogens is 260 g/mol. The van der Waals surface area contributed by atoms with E-state index >= 15 is 0 Å². The number of hydrogen-bond acceptors (Lipinski definition) is 5. The van der Waals surface area contributed by atoms with Gasteiger partial charge in [-0.15, -0.1) is 0 Å². The Bertz CT molecular complexity index is 447. The molecule has 5 heteroatoms. The summed E-state index contributed by atoms with van der Waals surface area (Å²) in [5, 5.41) is 9.99. The summed E-state index contributed by atoms with van der Waals surface area (Å²) < 4.78 is 22.6. The average Bonchev–Trinajstić information content (AvgIpc) is 2.72. The van der Waals surface area contributed by atoms with Crippen molar-refractivity contribution in [3.63, 3.8) is 0 Å². The van der Waals surface area contributed by atoms with Gasteiger partial charge < -0.3 is 24.1 Å². The molecule has 5 nitrogen and oxygen atoms in total. The fraction of sp³-hybridized carbons (Fsp3) is 0.600. The van der Waals surface area contributed by atoms with Crippen molar-refractivity contribution in [2.24, 2.45) is 0 Å². The molecule has 1 aromatic carbocycles. The summed E-state index contributed by atoms with van der Waals surface area (Å²) in [5.41, 5.74) is 1.05. The maximum absolute atomic E-state index is 9.99. The van der Waals surface area contributed by atoms with Crippen molar-refractivity contribution >= 4 is 0 Å². The van der Waals surface area contributed by atoms with Crippen LogP contribution in [-0.4, -0.2) is 42.1 Å². The first-order valence-electron chi connectivity index (χ1n) is 6.86. The van der Waals surface area contributed by atoms with Crippen LogP contribution in [0.15, 0.2) is 30.3 Å². The van der Waals surface area contributed by atoms with Crippen molar-refractivity contribution in [1.29, 1.82) is 0 Å². The largest absolute Gasteiger partial charge is 0.366 e. The van der Waals surface area contributed by atoms with E-state index in [9.17, 15) is 5.11 Å². The van der Waals surface area contributed by atoms with Crippen molar-refractivity contribution < 1.29 is 24.1 Å². The van der Waals surface area contributed by atoms with E-state index in [4.69, 9.17) is 18.9 Å². The molecule has 2 saturated heterocycles. The highest BCUT2D eigenvalue weighted by atomic mass is 16.8. The number of aliphatic hydroxyl groups is 1. The van der Waals surface area contributed by atoms with E-state index in [0.717, 1.165) is 5.56 Å². The average molecular weight is 280 g/mol. The van der Waals surface area contributed by atoms with Crippen LogP contribution in [0.4, 0.5) is 0 Å². The van der Waals surface area contributed by atoms with E-state index in [-0.39, 0.29) is 12.2 Å². The fourth-order valence-electron chi connectivity index (χ4n) is 2.57. The molecular formula is C15H20O5. The van der Waals surface area contributed by atoms with Crippen LogP contribution in [0.3, 0.4) is 0 Å². The Hall–Kier alpha value is -0.980. The minimum atomic E-state index is -0.980. The van der Waals surface area contributed by atoms with E-state index in [1.807, 2.05) is 44.2 Å². The van der Waals surface area contributed by atoms with Gasteiger partial charge in [0.1, 0.15) is 18.3 Å². The van der Waals surface area contributed by atoms with Gasteiger partial charge in [0.2, 0.25) is 0 Å². The molecule has 2 aliphatic heterocycles. The number of rotatable bonds is 3. The van der Waals surface area contributed by atoms with Crippen LogP contribution < -0.4 is 0 Å². The highest BCUT2D eigenvalue weighted by molar-refractivity contribution is 5.13. The summed E-state index contributed by atoms with van der Waals surface area (Å²) in [4.78, 5) is 0. The lowest BCUT2D eigenvalue weighted by Gasteiger charge is -2.38. The van der Waals surface area contributed by atoms with Gasteiger partial charge in [0, 0.05) is 0 Å². The predicted octanol–water partition coefficient (Wildman–Crippen LogP) is 1.44. The standard InChI is InChI=1S/C15H20O5/c1-15(2)18-9-11-12(20-15)13(14(16)19-11)17-8-10-6-4-3-5-7-10/h3-7,11-14,16H,8-9H2,1-2H3/t11-,12+,13-,14+/m1/s1. The highest BCUT2D eigenvalue weighted by Gasteiger charge is 2.51. The Labute approximate surface area is 118 Å². The Morgan fingerprint density at radius 1 is 1.30 bits per heavy atom. The van der Waals surface area contributed by atoms with Gasteiger partial charge in [-0.2, -0.15) is 0 Å². The van der Waals surface area contributed by atoms with E-state index in [1.165, 1.54) is 0 Å². The van der Waals surface area contributed by atoms with Gasteiger partial charge in [0.15, 0.2) is 12.1 Å². The van der Waals surface area contributed by atoms with E-state index < -0.39 is 18.2 Å². The lowest BCUT2D eigenvalue weighted by Crippen LogP contribution is -2.50. The first kappa shape index (κ1) is 14.0. The van der Waals surface area contributed by atoms with Crippen molar-refractivity contribution in [2.45, 2.75) is 50.8 Å². The van der Waals surface area contributed by atoms with Gasteiger partial charge >= 0.3 is 0 Å². The third-order valence-electron chi connectivity index (χ3n) is 3.59. The first-order valence-corrected chi connectivity index (χ1v) is 6.86. The second-order valence-corrected chi connectivity index (χ2v) is 5.62. The third-order valence-corrected chi connectivity index (χ3v) is 3.59. The van der Waals surface area contributed by atoms with Crippen LogP contribution >= 0.6 is 0 Å². The molecule has 0 aliphatic carbocycles. The van der Waals surface area contributed by atoms with Crippen LogP contribution in [0.2, 0.25) is 0 Å². The van der Waals surface area contributed by atoms with Gasteiger partial charge in [-0.3, -0.25) is 0 Å². The molecule has 0 saturated carbocycles. The number of fused-ring (bicyclic) bond motifs is 1. The maximum Gasteiger partial charge on any atom is 0.184 e. The minimum Gasteiger partial charge on any atom is -0.366 e. The van der Waals surface area contributed by atoms with Crippen LogP contribution in [0.5, 0.6) is 0 Å². The molecule has 2 heterocycles. The summed E-state index contributed by atoms with van der Waals surface area (Å²) in [6, 6.07) is 9.83. The minimum absolute atomic E-state index is 0.279. The lowest BCUT2D eigenvalue weighted by atomic mass is 10.1. The van der Waals surface area contributed by atoms with Crippen LogP contribution in [0.25, 0.3) is 0 Å². The van der Waals surface area contributed by atoms with Gasteiger partial charge in [-0.1, -0.05) is 30.3 Å². The zero-order valence-electron chi connectivity index (χ0n) is 11.7. The smallest absolute Gasteiger partial charge is 0.184 e. The van der Waals surface area contributed by atoms with Crippen molar-refractivity contribution in [3.8, 4) is 0 Å². The van der Waals surface area contributed by atoms with E-state index in [1.54, 1.807) is 0 Å². The summed E-state index contributed by atoms with van der Waals surface area (Å²) in [7, 11) is 0. The number of aliphatic hydroxyl groups excluding tert-OH is 1. The molecule has 2 fully saturated rings. The maximum atomic E-state index is 9.99. The van der Waals surface area contributed by atoms with Crippen LogP contribution in [0, 0.1) is 0 Å². The second kappa shape index (κ2) is 5.42. The normalized spacial score (nSPS) is 35.8. The molecule has 1 N–H and O–H groups in total. The third kappa shape index (κ3) is 2.87. The molecule has 110 valence electrons. The fourth-order valence-corrected chi connectivity index (χ4v) is 2.57. The van der Waals surface area contributed by atoms with Crippen molar-refractivity contribution in [1.82, 2.24) is 0 Å². The molecule has 2 aliphatic rings. The van der Waals surface area contributed by atoms with E-state index in [0.29, 0.717) is 13.2 Å². The van der Waals surface area contributed by atoms with Crippen molar-refractivity contribution in [2.75, 3.05) is 6.61 Å². The second-order valence-electron chi connectivity index (χ2n) is 5.62. The first-order chi connectivity index (χ1) is 9.55. The summed E-state index contributed by atoms with van der Waals surface area (Å²) in [6.07, 6.45) is -2.06. The molecule has 0 unspecified atom stereocenters. The summed E-state index contributed by atoms with van der Waals surface area (Å²) >= 11 is 0.